The molecule has 25 heavy (non-hydrogen) atoms. The zero-order valence-corrected chi connectivity index (χ0v) is 14.9. The summed E-state index contributed by atoms with van der Waals surface area (Å²) in [5.41, 5.74) is 9.19. The highest BCUT2D eigenvalue weighted by Crippen LogP contribution is 2.34. The molecule has 1 aliphatic carbocycles. The smallest absolute Gasteiger partial charge is 0.152 e. The van der Waals surface area contributed by atoms with Crippen molar-refractivity contribution in [2.75, 3.05) is 7.11 Å². The van der Waals surface area contributed by atoms with Gasteiger partial charge in [-0.15, -0.1) is 10.2 Å². The predicted molar refractivity (Wildman–Crippen MR) is 95.2 cm³/mol. The van der Waals surface area contributed by atoms with Crippen LogP contribution < -0.4 is 5.73 Å². The molecule has 1 aliphatic rings. The second-order valence-corrected chi connectivity index (χ2v) is 7.00. The Morgan fingerprint density at radius 3 is 2.76 bits per heavy atom. The van der Waals surface area contributed by atoms with Gasteiger partial charge in [-0.25, -0.2) is 4.98 Å². The number of benzene rings is 1. The van der Waals surface area contributed by atoms with Crippen LogP contribution in [0.15, 0.2) is 18.2 Å². The Balaban J connectivity index is 1.69. The predicted octanol–water partition coefficient (Wildman–Crippen LogP) is 1.87. The lowest BCUT2D eigenvalue weighted by atomic mass is 9.80. The second-order valence-electron chi connectivity index (χ2n) is 7.00. The molecule has 0 amide bonds. The average molecular weight is 340 g/mol. The van der Waals surface area contributed by atoms with Gasteiger partial charge in [0.1, 0.15) is 18.3 Å². The maximum atomic E-state index is 5.92. The normalized spacial score (nSPS) is 20.2. The van der Waals surface area contributed by atoms with Crippen LogP contribution in [0.5, 0.6) is 0 Å². The molecule has 7 heteroatoms. The fourth-order valence-electron chi connectivity index (χ4n) is 3.59. The topological polar surface area (TPSA) is 83.8 Å². The third kappa shape index (κ3) is 2.83. The highest BCUT2D eigenvalue weighted by Gasteiger charge is 2.31. The Morgan fingerprint density at radius 1 is 1.24 bits per heavy atom. The first kappa shape index (κ1) is 16.2. The first-order chi connectivity index (χ1) is 12.1. The fourth-order valence-corrected chi connectivity index (χ4v) is 3.59. The van der Waals surface area contributed by atoms with E-state index in [1.54, 1.807) is 7.11 Å². The molecule has 0 atom stereocenters. The highest BCUT2D eigenvalue weighted by molar-refractivity contribution is 5.77. The zero-order valence-electron chi connectivity index (χ0n) is 14.9. The summed E-state index contributed by atoms with van der Waals surface area (Å²) in [6.07, 6.45) is 1.99. The van der Waals surface area contributed by atoms with Crippen molar-refractivity contribution >= 4 is 11.0 Å². The van der Waals surface area contributed by atoms with E-state index in [9.17, 15) is 0 Å². The molecule has 4 rings (SSSR count). The van der Waals surface area contributed by atoms with Gasteiger partial charge in [-0.3, -0.25) is 0 Å². The van der Waals surface area contributed by atoms with E-state index in [4.69, 9.17) is 15.5 Å². The first-order valence-corrected chi connectivity index (χ1v) is 8.65. The molecule has 132 valence electrons. The highest BCUT2D eigenvalue weighted by atomic mass is 16.5. The molecule has 1 saturated carbocycles. The molecule has 0 radical (unpaired) electrons. The molecule has 0 unspecified atom stereocenters. The fraction of sp³-hybridized carbons (Fsp3) is 0.500. The lowest BCUT2D eigenvalue weighted by Gasteiger charge is -2.31. The summed E-state index contributed by atoms with van der Waals surface area (Å²) in [6.45, 7) is 3.17. The first-order valence-electron chi connectivity index (χ1n) is 8.65. The van der Waals surface area contributed by atoms with Gasteiger partial charge in [-0.1, -0.05) is 6.07 Å². The van der Waals surface area contributed by atoms with Crippen molar-refractivity contribution in [3.8, 4) is 0 Å². The van der Waals surface area contributed by atoms with Gasteiger partial charge in [-0.2, -0.15) is 0 Å². The van der Waals surface area contributed by atoms with Crippen molar-refractivity contribution < 1.29 is 4.74 Å². The van der Waals surface area contributed by atoms with Gasteiger partial charge < -0.3 is 19.6 Å². The molecule has 0 saturated heterocycles. The van der Waals surface area contributed by atoms with Gasteiger partial charge >= 0.3 is 0 Å². The minimum absolute atomic E-state index is 0.305. The average Bonchev–Trinajstić information content (AvgIpc) is 3.06. The molecule has 2 N–H and O–H groups in total. The van der Waals surface area contributed by atoms with E-state index in [-0.39, 0.29) is 0 Å². The number of aromatic nitrogens is 5. The van der Waals surface area contributed by atoms with Crippen LogP contribution in [0.3, 0.4) is 0 Å². The van der Waals surface area contributed by atoms with Gasteiger partial charge in [0.2, 0.25) is 0 Å². The third-order valence-electron chi connectivity index (χ3n) is 5.09. The zero-order chi connectivity index (χ0) is 17.6. The largest absolute Gasteiger partial charge is 0.377 e. The number of fused-ring (bicyclic) bond motifs is 1. The minimum atomic E-state index is 0.305. The van der Waals surface area contributed by atoms with Gasteiger partial charge in [-0.05, 0) is 37.5 Å². The Bertz CT molecular complexity index is 906. The molecule has 2 aromatic heterocycles. The van der Waals surface area contributed by atoms with Crippen molar-refractivity contribution in [1.29, 1.82) is 0 Å². The molecular formula is C18H24N6O. The molecule has 1 aromatic carbocycles. The third-order valence-corrected chi connectivity index (χ3v) is 5.09. The van der Waals surface area contributed by atoms with Crippen molar-refractivity contribution in [3.05, 3.63) is 41.2 Å². The molecule has 0 bridgehead atoms. The van der Waals surface area contributed by atoms with E-state index in [2.05, 4.69) is 44.5 Å². The number of rotatable bonds is 5. The minimum Gasteiger partial charge on any atom is -0.377 e. The molecule has 0 aliphatic heterocycles. The molecular weight excluding hydrogens is 316 g/mol. The summed E-state index contributed by atoms with van der Waals surface area (Å²) in [7, 11) is 3.73. The van der Waals surface area contributed by atoms with Gasteiger partial charge in [0, 0.05) is 26.1 Å². The van der Waals surface area contributed by atoms with Crippen LogP contribution in [0.25, 0.3) is 11.0 Å². The molecule has 3 aromatic rings. The van der Waals surface area contributed by atoms with Crippen LogP contribution in [-0.4, -0.2) is 37.5 Å². The van der Waals surface area contributed by atoms with Crippen LogP contribution in [0.4, 0.5) is 0 Å². The number of methoxy groups -OCH3 is 1. The number of hydrogen-bond acceptors (Lipinski definition) is 5. The van der Waals surface area contributed by atoms with E-state index in [0.29, 0.717) is 25.1 Å². The standard InChI is InChI=1S/C18H24N6O/c1-11-4-5-15-14(6-11)20-17(10-25-3)24(15)9-16-21-22-18(23(16)2)12-7-13(19)8-12/h4-6,12-13H,7-10,19H2,1-3H3. The summed E-state index contributed by atoms with van der Waals surface area (Å²) in [5.74, 6) is 3.29. The van der Waals surface area contributed by atoms with E-state index >= 15 is 0 Å². The summed E-state index contributed by atoms with van der Waals surface area (Å²) in [6, 6.07) is 6.62. The van der Waals surface area contributed by atoms with E-state index in [1.807, 2.05) is 7.05 Å². The Morgan fingerprint density at radius 2 is 2.04 bits per heavy atom. The van der Waals surface area contributed by atoms with Crippen LogP contribution in [0, 0.1) is 6.92 Å². The Labute approximate surface area is 146 Å². The van der Waals surface area contributed by atoms with Gasteiger partial charge in [0.05, 0.1) is 17.6 Å². The number of nitrogens with zero attached hydrogens (tertiary/aromatic N) is 5. The summed E-state index contributed by atoms with van der Waals surface area (Å²) >= 11 is 0. The van der Waals surface area contributed by atoms with Crippen LogP contribution in [0.1, 0.15) is 41.8 Å². The quantitative estimate of drug-likeness (QED) is 0.766. The van der Waals surface area contributed by atoms with Crippen LogP contribution in [0.2, 0.25) is 0 Å². The number of hydrogen-bond donors (Lipinski definition) is 1. The molecule has 2 heterocycles. The molecule has 7 nitrogen and oxygen atoms in total. The lowest BCUT2D eigenvalue weighted by molar-refractivity contribution is 0.175. The van der Waals surface area contributed by atoms with Gasteiger partial charge in [0.25, 0.3) is 0 Å². The lowest BCUT2D eigenvalue weighted by Crippen LogP contribution is -2.36. The second kappa shape index (κ2) is 6.24. The van der Waals surface area contributed by atoms with E-state index in [1.165, 1.54) is 5.56 Å². The number of aryl methyl sites for hydroxylation is 1. The van der Waals surface area contributed by atoms with E-state index in [0.717, 1.165) is 41.3 Å². The number of ether oxygens (including phenoxy) is 1. The molecule has 0 spiro atoms. The number of nitrogens with two attached hydrogens (primary N) is 1. The van der Waals surface area contributed by atoms with Crippen molar-refractivity contribution in [1.82, 2.24) is 24.3 Å². The summed E-state index contributed by atoms with van der Waals surface area (Å²) in [4.78, 5) is 4.73. The molecule has 1 fully saturated rings. The Kier molecular flexibility index (Phi) is 4.05. The maximum absolute atomic E-state index is 5.92. The Hall–Kier alpha value is -2.25. The van der Waals surface area contributed by atoms with Crippen molar-refractivity contribution in [2.45, 2.75) is 44.9 Å². The summed E-state index contributed by atoms with van der Waals surface area (Å²) < 4.78 is 9.61. The van der Waals surface area contributed by atoms with Crippen LogP contribution in [-0.2, 0) is 24.9 Å². The van der Waals surface area contributed by atoms with E-state index < -0.39 is 0 Å². The number of imidazole rings is 1. The maximum Gasteiger partial charge on any atom is 0.152 e. The van der Waals surface area contributed by atoms with Crippen LogP contribution >= 0.6 is 0 Å². The monoisotopic (exact) mass is 340 g/mol. The van der Waals surface area contributed by atoms with Crippen molar-refractivity contribution in [3.63, 3.8) is 0 Å². The SMILES string of the molecule is COCc1nc2cc(C)ccc2n1Cc1nnc(C2CC(N)C2)n1C. The van der Waals surface area contributed by atoms with Crippen molar-refractivity contribution in [2.24, 2.45) is 12.8 Å². The summed E-state index contributed by atoms with van der Waals surface area (Å²) in [5, 5.41) is 8.84. The van der Waals surface area contributed by atoms with Gasteiger partial charge in [0.15, 0.2) is 5.82 Å².